The third-order valence-electron chi connectivity index (χ3n) is 4.08. The SMILES string of the molecule is CCOC1CC(NCc2ccc(Cl)c(Cl)c2)C1(C)C. The summed E-state index contributed by atoms with van der Waals surface area (Å²) in [5, 5.41) is 4.79. The molecule has 19 heavy (non-hydrogen) atoms. The molecule has 106 valence electrons. The summed E-state index contributed by atoms with van der Waals surface area (Å²) in [6.07, 6.45) is 1.44. The van der Waals surface area contributed by atoms with Crippen LogP contribution >= 0.6 is 23.2 Å². The summed E-state index contributed by atoms with van der Waals surface area (Å²) in [5.41, 5.74) is 1.34. The topological polar surface area (TPSA) is 21.3 Å². The lowest BCUT2D eigenvalue weighted by Gasteiger charge is -2.52. The molecule has 2 rings (SSSR count). The first-order valence-corrected chi connectivity index (χ1v) is 7.49. The van der Waals surface area contributed by atoms with E-state index in [1.807, 2.05) is 25.1 Å². The first kappa shape index (κ1) is 15.1. The molecule has 0 aliphatic heterocycles. The van der Waals surface area contributed by atoms with E-state index in [1.54, 1.807) is 0 Å². The Kier molecular flexibility index (Phi) is 4.78. The smallest absolute Gasteiger partial charge is 0.0655 e. The normalized spacial score (nSPS) is 25.1. The predicted molar refractivity (Wildman–Crippen MR) is 80.9 cm³/mol. The zero-order valence-electron chi connectivity index (χ0n) is 11.7. The van der Waals surface area contributed by atoms with Crippen molar-refractivity contribution in [1.82, 2.24) is 5.32 Å². The summed E-state index contributed by atoms with van der Waals surface area (Å²) in [4.78, 5) is 0. The van der Waals surface area contributed by atoms with E-state index < -0.39 is 0 Å². The molecular formula is C15H21Cl2NO. The zero-order valence-corrected chi connectivity index (χ0v) is 13.2. The van der Waals surface area contributed by atoms with Gasteiger partial charge in [-0.05, 0) is 31.0 Å². The summed E-state index contributed by atoms with van der Waals surface area (Å²) in [6.45, 7) is 8.15. The van der Waals surface area contributed by atoms with E-state index in [9.17, 15) is 0 Å². The van der Waals surface area contributed by atoms with Gasteiger partial charge in [0.2, 0.25) is 0 Å². The largest absolute Gasteiger partial charge is 0.378 e. The third kappa shape index (κ3) is 3.25. The predicted octanol–water partition coefficient (Wildman–Crippen LogP) is 4.29. The summed E-state index contributed by atoms with van der Waals surface area (Å²) < 4.78 is 5.73. The molecule has 4 heteroatoms. The molecule has 1 fully saturated rings. The Morgan fingerprint density at radius 2 is 2.05 bits per heavy atom. The third-order valence-corrected chi connectivity index (χ3v) is 4.82. The molecule has 1 saturated carbocycles. The Hall–Kier alpha value is -0.280. The van der Waals surface area contributed by atoms with E-state index in [4.69, 9.17) is 27.9 Å². The Bertz CT molecular complexity index is 448. The van der Waals surface area contributed by atoms with E-state index in [1.165, 1.54) is 0 Å². The Balaban J connectivity index is 1.88. The van der Waals surface area contributed by atoms with Gasteiger partial charge in [-0.3, -0.25) is 0 Å². The highest BCUT2D eigenvalue weighted by Gasteiger charge is 2.48. The second-order valence-electron chi connectivity index (χ2n) is 5.68. The minimum Gasteiger partial charge on any atom is -0.378 e. The lowest BCUT2D eigenvalue weighted by atomic mass is 9.64. The molecule has 0 radical (unpaired) electrons. The standard InChI is InChI=1S/C15H21Cl2NO/c1-4-19-14-8-13(15(14,2)3)18-9-10-5-6-11(16)12(17)7-10/h5-7,13-14,18H,4,8-9H2,1-3H3. The number of nitrogens with one attached hydrogen (secondary N) is 1. The highest BCUT2D eigenvalue weighted by molar-refractivity contribution is 6.42. The molecule has 1 aromatic rings. The average Bonchev–Trinajstić information content (AvgIpc) is 2.37. The fraction of sp³-hybridized carbons (Fsp3) is 0.600. The van der Waals surface area contributed by atoms with Gasteiger partial charge >= 0.3 is 0 Å². The highest BCUT2D eigenvalue weighted by Crippen LogP contribution is 2.42. The van der Waals surface area contributed by atoms with E-state index in [0.29, 0.717) is 22.2 Å². The van der Waals surface area contributed by atoms with Crippen LogP contribution in [0.2, 0.25) is 10.0 Å². The average molecular weight is 302 g/mol. The monoisotopic (exact) mass is 301 g/mol. The Morgan fingerprint density at radius 1 is 1.32 bits per heavy atom. The lowest BCUT2D eigenvalue weighted by Crippen LogP contribution is -2.60. The van der Waals surface area contributed by atoms with Gasteiger partial charge in [0.25, 0.3) is 0 Å². The van der Waals surface area contributed by atoms with Crippen LogP contribution in [0.15, 0.2) is 18.2 Å². The van der Waals surface area contributed by atoms with Gasteiger partial charge in [-0.2, -0.15) is 0 Å². The van der Waals surface area contributed by atoms with Crippen LogP contribution in [-0.4, -0.2) is 18.8 Å². The second kappa shape index (κ2) is 6.01. The molecule has 1 aliphatic carbocycles. The first-order valence-electron chi connectivity index (χ1n) is 6.74. The minimum atomic E-state index is 0.187. The van der Waals surface area contributed by atoms with Crippen LogP contribution in [0.3, 0.4) is 0 Å². The number of hydrogen-bond donors (Lipinski definition) is 1. The maximum absolute atomic E-state index is 6.02. The number of ether oxygens (including phenoxy) is 1. The van der Waals surface area contributed by atoms with Gasteiger partial charge < -0.3 is 10.1 Å². The van der Waals surface area contributed by atoms with Crippen molar-refractivity contribution in [2.24, 2.45) is 5.41 Å². The molecule has 0 spiro atoms. The quantitative estimate of drug-likeness (QED) is 0.876. The van der Waals surface area contributed by atoms with Gasteiger partial charge in [0.05, 0.1) is 16.1 Å². The van der Waals surface area contributed by atoms with Crippen molar-refractivity contribution in [3.8, 4) is 0 Å². The summed E-state index contributed by atoms with van der Waals surface area (Å²) in [7, 11) is 0. The molecule has 2 nitrogen and oxygen atoms in total. The van der Waals surface area contributed by atoms with Crippen LogP contribution in [0.4, 0.5) is 0 Å². The fourth-order valence-electron chi connectivity index (χ4n) is 2.61. The van der Waals surface area contributed by atoms with Gasteiger partial charge in [-0.15, -0.1) is 0 Å². The van der Waals surface area contributed by atoms with Gasteiger partial charge in [0, 0.05) is 24.6 Å². The molecule has 0 aromatic heterocycles. The van der Waals surface area contributed by atoms with E-state index in [-0.39, 0.29) is 5.41 Å². The molecule has 0 bridgehead atoms. The first-order chi connectivity index (χ1) is 8.95. The van der Waals surface area contributed by atoms with Crippen molar-refractivity contribution < 1.29 is 4.74 Å². The zero-order chi connectivity index (χ0) is 14.0. The van der Waals surface area contributed by atoms with Gasteiger partial charge in [0.1, 0.15) is 0 Å². The summed E-state index contributed by atoms with van der Waals surface area (Å²) in [5.74, 6) is 0. The number of hydrogen-bond acceptors (Lipinski definition) is 2. The molecule has 1 aliphatic rings. The van der Waals surface area contributed by atoms with Gasteiger partial charge in [-0.25, -0.2) is 0 Å². The van der Waals surface area contributed by atoms with Crippen LogP contribution in [0.5, 0.6) is 0 Å². The molecule has 2 unspecified atom stereocenters. The van der Waals surface area contributed by atoms with Crippen LogP contribution in [0.25, 0.3) is 0 Å². The summed E-state index contributed by atoms with van der Waals surface area (Å²) >= 11 is 11.9. The molecular weight excluding hydrogens is 281 g/mol. The van der Waals surface area contributed by atoms with Crippen molar-refractivity contribution in [2.75, 3.05) is 6.61 Å². The van der Waals surface area contributed by atoms with Gasteiger partial charge in [-0.1, -0.05) is 43.1 Å². The van der Waals surface area contributed by atoms with E-state index in [2.05, 4.69) is 19.2 Å². The second-order valence-corrected chi connectivity index (χ2v) is 6.50. The maximum atomic E-state index is 6.02. The molecule has 0 heterocycles. The van der Waals surface area contributed by atoms with E-state index in [0.717, 1.165) is 25.1 Å². The molecule has 2 atom stereocenters. The van der Waals surface area contributed by atoms with E-state index >= 15 is 0 Å². The van der Waals surface area contributed by atoms with Crippen molar-refractivity contribution in [3.05, 3.63) is 33.8 Å². The maximum Gasteiger partial charge on any atom is 0.0655 e. The number of rotatable bonds is 5. The lowest BCUT2D eigenvalue weighted by molar-refractivity contribution is -0.114. The van der Waals surface area contributed by atoms with Crippen LogP contribution in [0, 0.1) is 5.41 Å². The number of halogens is 2. The molecule has 0 saturated heterocycles. The van der Waals surface area contributed by atoms with Crippen molar-refractivity contribution in [1.29, 1.82) is 0 Å². The highest BCUT2D eigenvalue weighted by atomic mass is 35.5. The van der Waals surface area contributed by atoms with Crippen molar-refractivity contribution >= 4 is 23.2 Å². The minimum absolute atomic E-state index is 0.187. The number of benzene rings is 1. The summed E-state index contributed by atoms with van der Waals surface area (Å²) in [6, 6.07) is 6.25. The molecule has 1 N–H and O–H groups in total. The van der Waals surface area contributed by atoms with Crippen LogP contribution in [-0.2, 0) is 11.3 Å². The molecule has 0 amide bonds. The van der Waals surface area contributed by atoms with Crippen LogP contribution < -0.4 is 5.32 Å². The van der Waals surface area contributed by atoms with Crippen LogP contribution in [0.1, 0.15) is 32.8 Å². The van der Waals surface area contributed by atoms with Crippen molar-refractivity contribution in [3.63, 3.8) is 0 Å². The van der Waals surface area contributed by atoms with Crippen molar-refractivity contribution in [2.45, 2.75) is 45.9 Å². The fourth-order valence-corrected chi connectivity index (χ4v) is 2.93. The van der Waals surface area contributed by atoms with Gasteiger partial charge in [0.15, 0.2) is 0 Å². The molecule has 1 aromatic carbocycles. The Morgan fingerprint density at radius 3 is 2.63 bits per heavy atom. The Labute approximate surface area is 125 Å².